The van der Waals surface area contributed by atoms with Crippen LogP contribution in [0.2, 0.25) is 5.02 Å². The quantitative estimate of drug-likeness (QED) is 0.230. The maximum atomic E-state index is 12.3. The van der Waals surface area contributed by atoms with E-state index in [2.05, 4.69) is 5.32 Å². The van der Waals surface area contributed by atoms with Gasteiger partial charge in [-0.3, -0.25) is 19.2 Å². The van der Waals surface area contributed by atoms with E-state index in [1.165, 1.54) is 31.2 Å². The lowest BCUT2D eigenvalue weighted by Crippen LogP contribution is -2.24. The van der Waals surface area contributed by atoms with Crippen LogP contribution in [0.3, 0.4) is 0 Å². The fraction of sp³-hybridized carbons (Fsp3) is 0.233. The van der Waals surface area contributed by atoms with Gasteiger partial charge in [-0.1, -0.05) is 41.4 Å². The molecule has 0 aliphatic carbocycles. The summed E-state index contributed by atoms with van der Waals surface area (Å²) in [5.74, 6) is -2.22. The number of Topliss-reactive ketones (excluding diaryl/α,β-unsaturated/α-hetero) is 2. The molecule has 202 valence electrons. The van der Waals surface area contributed by atoms with Crippen LogP contribution >= 0.6 is 11.6 Å². The molecule has 0 bridgehead atoms. The number of esters is 2. The first-order valence-corrected chi connectivity index (χ1v) is 12.7. The average molecular weight is 550 g/mol. The molecule has 3 rings (SSSR count). The molecule has 0 saturated carbocycles. The fourth-order valence-electron chi connectivity index (χ4n) is 3.50. The van der Waals surface area contributed by atoms with E-state index in [-0.39, 0.29) is 48.9 Å². The molecule has 0 aliphatic rings. The minimum absolute atomic E-state index is 0.0300. The van der Waals surface area contributed by atoms with Gasteiger partial charge >= 0.3 is 11.9 Å². The van der Waals surface area contributed by atoms with Crippen LogP contribution < -0.4 is 5.32 Å². The molecule has 0 spiro atoms. The number of hydrogen-bond donors (Lipinski definition) is 1. The number of carbonyl (C=O) groups excluding carboxylic acids is 5. The molecule has 3 aromatic carbocycles. The number of carbonyl (C=O) groups is 5. The number of anilines is 1. The molecule has 0 saturated heterocycles. The van der Waals surface area contributed by atoms with E-state index in [0.717, 1.165) is 5.56 Å². The maximum absolute atomic E-state index is 12.3. The topological polar surface area (TPSA) is 116 Å². The van der Waals surface area contributed by atoms with Crippen molar-refractivity contribution in [2.75, 3.05) is 11.9 Å². The van der Waals surface area contributed by atoms with Crippen molar-refractivity contribution in [2.45, 2.75) is 39.2 Å². The van der Waals surface area contributed by atoms with E-state index in [1.54, 1.807) is 48.5 Å². The Labute approximate surface area is 231 Å². The van der Waals surface area contributed by atoms with Crippen molar-refractivity contribution >= 4 is 46.7 Å². The highest BCUT2D eigenvalue weighted by Crippen LogP contribution is 2.14. The van der Waals surface area contributed by atoms with Gasteiger partial charge in [-0.2, -0.15) is 0 Å². The van der Waals surface area contributed by atoms with Crippen LogP contribution in [-0.2, 0) is 19.1 Å². The van der Waals surface area contributed by atoms with Crippen molar-refractivity contribution in [3.8, 4) is 0 Å². The summed E-state index contributed by atoms with van der Waals surface area (Å²) in [4.78, 5) is 61.1. The normalized spacial score (nSPS) is 11.3. The van der Waals surface area contributed by atoms with Crippen molar-refractivity contribution in [2.24, 2.45) is 0 Å². The molecule has 0 radical (unpaired) electrons. The van der Waals surface area contributed by atoms with E-state index < -0.39 is 18.0 Å². The highest BCUT2D eigenvalue weighted by Gasteiger charge is 2.19. The Morgan fingerprint density at radius 1 is 0.795 bits per heavy atom. The molecule has 8 nitrogen and oxygen atoms in total. The first kappa shape index (κ1) is 29.3. The van der Waals surface area contributed by atoms with Crippen LogP contribution in [0.5, 0.6) is 0 Å². The zero-order chi connectivity index (χ0) is 28.4. The van der Waals surface area contributed by atoms with Crippen molar-refractivity contribution in [3.05, 3.63) is 100 Å². The van der Waals surface area contributed by atoms with Crippen molar-refractivity contribution in [1.29, 1.82) is 0 Å². The largest absolute Gasteiger partial charge is 0.454 e. The minimum Gasteiger partial charge on any atom is -0.454 e. The van der Waals surface area contributed by atoms with Gasteiger partial charge in [-0.05, 0) is 68.8 Å². The van der Waals surface area contributed by atoms with Gasteiger partial charge < -0.3 is 14.8 Å². The van der Waals surface area contributed by atoms with E-state index >= 15 is 0 Å². The third-order valence-corrected chi connectivity index (χ3v) is 5.96. The summed E-state index contributed by atoms with van der Waals surface area (Å²) in [6.45, 7) is 3.02. The lowest BCUT2D eigenvalue weighted by atomic mass is 10.1. The first-order valence-electron chi connectivity index (χ1n) is 12.3. The van der Waals surface area contributed by atoms with Crippen molar-refractivity contribution in [3.63, 3.8) is 0 Å². The summed E-state index contributed by atoms with van der Waals surface area (Å²) in [6.07, 6.45) is -0.707. The molecule has 0 heterocycles. The molecule has 39 heavy (non-hydrogen) atoms. The minimum atomic E-state index is -0.960. The number of benzene rings is 3. The highest BCUT2D eigenvalue weighted by molar-refractivity contribution is 6.30. The van der Waals surface area contributed by atoms with Gasteiger partial charge in [-0.15, -0.1) is 0 Å². The Hall–Kier alpha value is -4.30. The molecule has 0 unspecified atom stereocenters. The number of aryl methyl sites for hydroxylation is 1. The second-order valence-electron chi connectivity index (χ2n) is 8.85. The van der Waals surface area contributed by atoms with E-state index in [1.807, 2.05) is 6.92 Å². The van der Waals surface area contributed by atoms with Crippen molar-refractivity contribution in [1.82, 2.24) is 0 Å². The number of amides is 1. The van der Waals surface area contributed by atoms with Crippen LogP contribution in [-0.4, -0.2) is 42.1 Å². The molecular weight excluding hydrogens is 522 g/mol. The Morgan fingerprint density at radius 3 is 2.03 bits per heavy atom. The lowest BCUT2D eigenvalue weighted by molar-refractivity contribution is -0.146. The van der Waals surface area contributed by atoms with E-state index in [0.29, 0.717) is 21.8 Å². The van der Waals surface area contributed by atoms with Crippen LogP contribution in [0.15, 0.2) is 72.8 Å². The zero-order valence-electron chi connectivity index (χ0n) is 21.6. The van der Waals surface area contributed by atoms with Gasteiger partial charge in [0.1, 0.15) is 0 Å². The summed E-state index contributed by atoms with van der Waals surface area (Å²) in [5, 5.41) is 3.18. The maximum Gasteiger partial charge on any atom is 0.338 e. The molecule has 0 fully saturated rings. The molecule has 0 aromatic heterocycles. The standard InChI is InChI=1S/C30H28ClNO7/c1-19-6-8-21(9-7-19)26(33)18-38-30(37)23-12-16-25(17-13-23)32-27(34)4-3-5-28(35)39-20(2)29(36)22-10-14-24(31)15-11-22/h6-17,20H,3-5,18H2,1-2H3,(H,32,34)/t20-/m1/s1. The SMILES string of the molecule is Cc1ccc(C(=O)COC(=O)c2ccc(NC(=O)CCCC(=O)O[C@H](C)C(=O)c3ccc(Cl)cc3)cc2)cc1. The molecule has 1 N–H and O–H groups in total. The summed E-state index contributed by atoms with van der Waals surface area (Å²) < 4.78 is 10.3. The average Bonchev–Trinajstić information content (AvgIpc) is 2.92. The zero-order valence-corrected chi connectivity index (χ0v) is 22.3. The predicted molar refractivity (Wildman–Crippen MR) is 146 cm³/mol. The number of hydrogen-bond acceptors (Lipinski definition) is 7. The summed E-state index contributed by atoms with van der Waals surface area (Å²) >= 11 is 5.82. The van der Waals surface area contributed by atoms with E-state index in [4.69, 9.17) is 21.1 Å². The van der Waals surface area contributed by atoms with Gasteiger partial charge in [0.15, 0.2) is 18.5 Å². The van der Waals surface area contributed by atoms with Crippen LogP contribution in [0, 0.1) is 6.92 Å². The summed E-state index contributed by atoms with van der Waals surface area (Å²) in [5.41, 5.74) is 2.55. The van der Waals surface area contributed by atoms with Gasteiger partial charge in [0.05, 0.1) is 5.56 Å². The third kappa shape index (κ3) is 9.19. The fourth-order valence-corrected chi connectivity index (χ4v) is 3.63. The highest BCUT2D eigenvalue weighted by atomic mass is 35.5. The molecule has 1 atom stereocenters. The van der Waals surface area contributed by atoms with Gasteiger partial charge in [0.2, 0.25) is 11.7 Å². The van der Waals surface area contributed by atoms with Crippen LogP contribution in [0.1, 0.15) is 62.8 Å². The third-order valence-electron chi connectivity index (χ3n) is 5.70. The van der Waals surface area contributed by atoms with Gasteiger partial charge in [-0.25, -0.2) is 4.79 Å². The van der Waals surface area contributed by atoms with Crippen molar-refractivity contribution < 1.29 is 33.4 Å². The number of rotatable bonds is 12. The number of ketones is 2. The number of ether oxygens (including phenoxy) is 2. The number of halogens is 1. The Balaban J connectivity index is 1.37. The summed E-state index contributed by atoms with van der Waals surface area (Å²) in [7, 11) is 0. The predicted octanol–water partition coefficient (Wildman–Crippen LogP) is 5.61. The molecule has 3 aromatic rings. The van der Waals surface area contributed by atoms with E-state index in [9.17, 15) is 24.0 Å². The molecular formula is C30H28ClNO7. The first-order chi connectivity index (χ1) is 18.6. The second kappa shape index (κ2) is 14.0. The monoisotopic (exact) mass is 549 g/mol. The van der Waals surface area contributed by atoms with Gasteiger partial charge in [0, 0.05) is 34.7 Å². The smallest absolute Gasteiger partial charge is 0.338 e. The molecule has 9 heteroatoms. The molecule has 1 amide bonds. The second-order valence-corrected chi connectivity index (χ2v) is 9.28. The molecule has 0 aliphatic heterocycles. The Kier molecular flexibility index (Phi) is 10.5. The van der Waals surface area contributed by atoms with Gasteiger partial charge in [0.25, 0.3) is 0 Å². The number of nitrogens with one attached hydrogen (secondary N) is 1. The van der Waals surface area contributed by atoms with Crippen LogP contribution in [0.4, 0.5) is 5.69 Å². The Bertz CT molecular complexity index is 1330. The Morgan fingerprint density at radius 2 is 1.38 bits per heavy atom. The lowest BCUT2D eigenvalue weighted by Gasteiger charge is -2.12. The van der Waals surface area contributed by atoms with Crippen LogP contribution in [0.25, 0.3) is 0 Å². The summed E-state index contributed by atoms with van der Waals surface area (Å²) in [6, 6.07) is 19.3.